The lowest BCUT2D eigenvalue weighted by molar-refractivity contribution is 0.112. The van der Waals surface area contributed by atoms with Crippen molar-refractivity contribution in [3.63, 3.8) is 0 Å². The van der Waals surface area contributed by atoms with Gasteiger partial charge in [0.25, 0.3) is 0 Å². The summed E-state index contributed by atoms with van der Waals surface area (Å²) in [6, 6.07) is 9.24. The molecular formula is C11H8N2OS. The standard InChI is InChI=1S/C11H8N2OS/c14-7-9-2-1-3-10(6-9)15-11-4-5-12-8-13-11/h1-8H. The van der Waals surface area contributed by atoms with Crippen molar-refractivity contribution < 1.29 is 4.79 Å². The largest absolute Gasteiger partial charge is 0.298 e. The molecule has 1 aromatic carbocycles. The molecule has 4 heteroatoms. The predicted molar refractivity (Wildman–Crippen MR) is 58.0 cm³/mol. The van der Waals surface area contributed by atoms with Crippen molar-refractivity contribution in [2.45, 2.75) is 9.92 Å². The van der Waals surface area contributed by atoms with Crippen molar-refractivity contribution in [1.82, 2.24) is 9.97 Å². The Morgan fingerprint density at radius 3 is 2.93 bits per heavy atom. The molecule has 0 saturated carbocycles. The molecule has 0 aliphatic carbocycles. The summed E-state index contributed by atoms with van der Waals surface area (Å²) in [4.78, 5) is 19.5. The quantitative estimate of drug-likeness (QED) is 0.584. The van der Waals surface area contributed by atoms with Gasteiger partial charge in [0.2, 0.25) is 0 Å². The second kappa shape index (κ2) is 4.70. The molecule has 0 radical (unpaired) electrons. The SMILES string of the molecule is O=Cc1cccc(Sc2ccncn2)c1. The summed E-state index contributed by atoms with van der Waals surface area (Å²) in [6.07, 6.45) is 4.04. The molecular weight excluding hydrogens is 208 g/mol. The van der Waals surface area contributed by atoms with Gasteiger partial charge in [-0.1, -0.05) is 23.9 Å². The second-order valence-electron chi connectivity index (χ2n) is 2.84. The Hall–Kier alpha value is -1.68. The summed E-state index contributed by atoms with van der Waals surface area (Å²) in [5.41, 5.74) is 0.675. The molecule has 15 heavy (non-hydrogen) atoms. The fourth-order valence-corrected chi connectivity index (χ4v) is 1.92. The minimum absolute atomic E-state index is 0.675. The molecule has 2 aromatic rings. The van der Waals surface area contributed by atoms with Gasteiger partial charge in [0.05, 0.1) is 0 Å². The van der Waals surface area contributed by atoms with Crippen molar-refractivity contribution in [2.24, 2.45) is 0 Å². The number of benzene rings is 1. The second-order valence-corrected chi connectivity index (χ2v) is 3.93. The van der Waals surface area contributed by atoms with Gasteiger partial charge in [0.1, 0.15) is 17.6 Å². The van der Waals surface area contributed by atoms with E-state index in [-0.39, 0.29) is 0 Å². The lowest BCUT2D eigenvalue weighted by Gasteiger charge is -2.00. The van der Waals surface area contributed by atoms with Crippen LogP contribution in [0.4, 0.5) is 0 Å². The van der Waals surface area contributed by atoms with Gasteiger partial charge in [-0.15, -0.1) is 0 Å². The van der Waals surface area contributed by atoms with E-state index < -0.39 is 0 Å². The molecule has 0 aliphatic heterocycles. The Bertz CT molecular complexity index is 459. The van der Waals surface area contributed by atoms with E-state index in [1.807, 2.05) is 24.3 Å². The highest BCUT2D eigenvalue weighted by Gasteiger charge is 1.98. The zero-order valence-electron chi connectivity index (χ0n) is 7.83. The van der Waals surface area contributed by atoms with E-state index in [9.17, 15) is 4.79 Å². The van der Waals surface area contributed by atoms with Crippen LogP contribution in [-0.2, 0) is 0 Å². The van der Waals surface area contributed by atoms with Crippen LogP contribution in [0.1, 0.15) is 10.4 Å². The van der Waals surface area contributed by atoms with Crippen LogP contribution in [0, 0.1) is 0 Å². The molecule has 3 nitrogen and oxygen atoms in total. The lowest BCUT2D eigenvalue weighted by atomic mass is 10.2. The molecule has 0 amide bonds. The number of hydrogen-bond donors (Lipinski definition) is 0. The van der Waals surface area contributed by atoms with Gasteiger partial charge in [-0.3, -0.25) is 4.79 Å². The fraction of sp³-hybridized carbons (Fsp3) is 0. The molecule has 0 unspecified atom stereocenters. The first kappa shape index (κ1) is 9.86. The maximum Gasteiger partial charge on any atom is 0.150 e. The fourth-order valence-electron chi connectivity index (χ4n) is 1.11. The summed E-state index contributed by atoms with van der Waals surface area (Å²) >= 11 is 1.51. The predicted octanol–water partition coefficient (Wildman–Crippen LogP) is 2.44. The molecule has 2 rings (SSSR count). The normalized spacial score (nSPS) is 9.87. The first-order valence-corrected chi connectivity index (χ1v) is 5.19. The molecule has 0 spiro atoms. The van der Waals surface area contributed by atoms with Crippen LogP contribution in [0.2, 0.25) is 0 Å². The van der Waals surface area contributed by atoms with E-state index >= 15 is 0 Å². The summed E-state index contributed by atoms with van der Waals surface area (Å²) in [5, 5.41) is 0.869. The number of aldehydes is 1. The van der Waals surface area contributed by atoms with Crippen molar-refractivity contribution in [3.05, 3.63) is 48.4 Å². The van der Waals surface area contributed by atoms with Crippen LogP contribution >= 0.6 is 11.8 Å². The van der Waals surface area contributed by atoms with E-state index in [4.69, 9.17) is 0 Å². The molecule has 0 aliphatic rings. The first-order chi connectivity index (χ1) is 7.38. The Morgan fingerprint density at radius 1 is 1.27 bits per heavy atom. The van der Waals surface area contributed by atoms with Crippen LogP contribution in [0.3, 0.4) is 0 Å². The summed E-state index contributed by atoms with van der Waals surface area (Å²) < 4.78 is 0. The smallest absolute Gasteiger partial charge is 0.150 e. The van der Waals surface area contributed by atoms with Gasteiger partial charge < -0.3 is 0 Å². The van der Waals surface area contributed by atoms with Crippen LogP contribution in [0.25, 0.3) is 0 Å². The number of aromatic nitrogens is 2. The van der Waals surface area contributed by atoms with Gasteiger partial charge in [-0.25, -0.2) is 9.97 Å². The monoisotopic (exact) mass is 216 g/mol. The molecule has 0 N–H and O–H groups in total. The Labute approximate surface area is 91.6 Å². The average Bonchev–Trinajstić information content (AvgIpc) is 2.31. The Morgan fingerprint density at radius 2 is 2.20 bits per heavy atom. The van der Waals surface area contributed by atoms with Crippen molar-refractivity contribution in [3.8, 4) is 0 Å². The number of nitrogens with zero attached hydrogens (tertiary/aromatic N) is 2. The van der Waals surface area contributed by atoms with E-state index in [2.05, 4.69) is 9.97 Å². The van der Waals surface area contributed by atoms with E-state index in [1.165, 1.54) is 18.1 Å². The van der Waals surface area contributed by atoms with Crippen LogP contribution in [-0.4, -0.2) is 16.3 Å². The molecule has 0 bridgehead atoms. The van der Waals surface area contributed by atoms with Gasteiger partial charge in [-0.05, 0) is 18.2 Å². The highest BCUT2D eigenvalue weighted by atomic mass is 32.2. The van der Waals surface area contributed by atoms with Crippen molar-refractivity contribution in [2.75, 3.05) is 0 Å². The topological polar surface area (TPSA) is 42.9 Å². The molecule has 1 aromatic heterocycles. The van der Waals surface area contributed by atoms with Gasteiger partial charge >= 0.3 is 0 Å². The molecule has 1 heterocycles. The van der Waals surface area contributed by atoms with Gasteiger partial charge in [0.15, 0.2) is 0 Å². The summed E-state index contributed by atoms with van der Waals surface area (Å²) in [6.45, 7) is 0. The van der Waals surface area contributed by atoms with E-state index in [0.717, 1.165) is 16.2 Å². The zero-order valence-corrected chi connectivity index (χ0v) is 8.65. The summed E-state index contributed by atoms with van der Waals surface area (Å²) in [7, 11) is 0. The molecule has 0 fully saturated rings. The molecule has 74 valence electrons. The summed E-state index contributed by atoms with van der Waals surface area (Å²) in [5.74, 6) is 0. The van der Waals surface area contributed by atoms with Crippen LogP contribution in [0.5, 0.6) is 0 Å². The van der Waals surface area contributed by atoms with E-state index in [0.29, 0.717) is 5.56 Å². The minimum Gasteiger partial charge on any atom is -0.298 e. The first-order valence-electron chi connectivity index (χ1n) is 4.37. The van der Waals surface area contributed by atoms with Gasteiger partial charge in [0, 0.05) is 16.7 Å². The Balaban J connectivity index is 2.21. The zero-order chi connectivity index (χ0) is 10.5. The third-order valence-corrected chi connectivity index (χ3v) is 2.71. The van der Waals surface area contributed by atoms with Crippen LogP contribution < -0.4 is 0 Å². The third kappa shape index (κ3) is 2.63. The Kier molecular flexibility index (Phi) is 3.09. The minimum atomic E-state index is 0.675. The number of rotatable bonds is 3. The van der Waals surface area contributed by atoms with Crippen molar-refractivity contribution >= 4 is 18.0 Å². The molecule has 0 atom stereocenters. The van der Waals surface area contributed by atoms with E-state index in [1.54, 1.807) is 12.3 Å². The van der Waals surface area contributed by atoms with Gasteiger partial charge in [-0.2, -0.15) is 0 Å². The van der Waals surface area contributed by atoms with Crippen LogP contribution in [0.15, 0.2) is 52.8 Å². The number of carbonyl (C=O) groups is 1. The van der Waals surface area contributed by atoms with Crippen molar-refractivity contribution in [1.29, 1.82) is 0 Å². The molecule has 0 saturated heterocycles. The average molecular weight is 216 g/mol. The third-order valence-electron chi connectivity index (χ3n) is 1.77. The lowest BCUT2D eigenvalue weighted by Crippen LogP contribution is -1.82. The highest BCUT2D eigenvalue weighted by Crippen LogP contribution is 2.25. The maximum absolute atomic E-state index is 10.6. The number of hydrogen-bond acceptors (Lipinski definition) is 4. The highest BCUT2D eigenvalue weighted by molar-refractivity contribution is 7.99. The number of carbonyl (C=O) groups excluding carboxylic acids is 1. The maximum atomic E-state index is 10.6.